The molecule has 0 radical (unpaired) electrons. The lowest BCUT2D eigenvalue weighted by atomic mass is 10.1. The van der Waals surface area contributed by atoms with Gasteiger partial charge < -0.3 is 14.7 Å². The second-order valence-corrected chi connectivity index (χ2v) is 5.49. The lowest BCUT2D eigenvalue weighted by Crippen LogP contribution is -2.19. The Balaban J connectivity index is 1.94. The van der Waals surface area contributed by atoms with Gasteiger partial charge >= 0.3 is 0 Å². The minimum absolute atomic E-state index is 0.356. The molecule has 1 N–H and O–H groups in total. The number of aliphatic hydroxyl groups excluding tert-OH is 1. The molecule has 1 aromatic carbocycles. The van der Waals surface area contributed by atoms with E-state index in [1.54, 1.807) is 11.3 Å². The molecule has 2 aromatic rings. The van der Waals surface area contributed by atoms with E-state index in [0.717, 1.165) is 17.5 Å². The number of nitrogens with zero attached hydrogens (tertiary/aromatic N) is 1. The summed E-state index contributed by atoms with van der Waals surface area (Å²) in [7, 11) is 4.01. The zero-order chi connectivity index (χ0) is 13.0. The maximum atomic E-state index is 10.1. The number of ether oxygens (including phenoxy) is 1. The minimum Gasteiger partial charge on any atom is -0.386 e. The lowest BCUT2D eigenvalue weighted by Gasteiger charge is -2.13. The van der Waals surface area contributed by atoms with Crippen molar-refractivity contribution in [2.24, 2.45) is 0 Å². The molecular formula is C14H19NO2S. The zero-order valence-corrected chi connectivity index (χ0v) is 11.6. The first kappa shape index (κ1) is 13.5. The average molecular weight is 265 g/mol. The smallest absolute Gasteiger partial charge is 0.104 e. The first-order chi connectivity index (χ1) is 8.68. The molecule has 1 atom stereocenters. The third-order valence-corrected chi connectivity index (χ3v) is 3.81. The van der Waals surface area contributed by atoms with Gasteiger partial charge in [0.1, 0.15) is 6.10 Å². The Morgan fingerprint density at radius 3 is 2.89 bits per heavy atom. The highest BCUT2D eigenvalue weighted by Gasteiger charge is 2.12. The van der Waals surface area contributed by atoms with E-state index in [1.165, 1.54) is 4.70 Å². The van der Waals surface area contributed by atoms with Gasteiger partial charge in [-0.2, -0.15) is 0 Å². The third-order valence-electron chi connectivity index (χ3n) is 2.83. The predicted molar refractivity (Wildman–Crippen MR) is 76.2 cm³/mol. The number of aliphatic hydroxyl groups is 1. The van der Waals surface area contributed by atoms with Crippen LogP contribution in [0.2, 0.25) is 0 Å². The fourth-order valence-corrected chi connectivity index (χ4v) is 2.80. The maximum Gasteiger partial charge on any atom is 0.104 e. The number of fused-ring (bicyclic) bond motifs is 1. The van der Waals surface area contributed by atoms with Crippen molar-refractivity contribution in [2.45, 2.75) is 6.10 Å². The molecule has 0 aliphatic heterocycles. The Kier molecular flexibility index (Phi) is 4.72. The molecule has 0 spiro atoms. The molecule has 0 saturated carbocycles. The maximum absolute atomic E-state index is 10.1. The number of hydrogen-bond acceptors (Lipinski definition) is 4. The summed E-state index contributed by atoms with van der Waals surface area (Å²) >= 11 is 1.66. The van der Waals surface area contributed by atoms with E-state index in [1.807, 2.05) is 37.7 Å². The quantitative estimate of drug-likeness (QED) is 0.815. The Morgan fingerprint density at radius 2 is 2.11 bits per heavy atom. The van der Waals surface area contributed by atoms with Crippen molar-refractivity contribution in [3.8, 4) is 0 Å². The van der Waals surface area contributed by atoms with Crippen molar-refractivity contribution in [3.63, 3.8) is 0 Å². The van der Waals surface area contributed by atoms with Crippen LogP contribution in [-0.4, -0.2) is 43.9 Å². The molecule has 0 aliphatic rings. The highest BCUT2D eigenvalue weighted by molar-refractivity contribution is 7.17. The monoisotopic (exact) mass is 265 g/mol. The van der Waals surface area contributed by atoms with E-state index < -0.39 is 6.10 Å². The summed E-state index contributed by atoms with van der Waals surface area (Å²) in [6.45, 7) is 1.87. The van der Waals surface area contributed by atoms with Gasteiger partial charge in [0, 0.05) is 16.8 Å². The summed E-state index contributed by atoms with van der Waals surface area (Å²) in [5.74, 6) is 0. The van der Waals surface area contributed by atoms with Gasteiger partial charge in [0.25, 0.3) is 0 Å². The highest BCUT2D eigenvalue weighted by atomic mass is 32.1. The fourth-order valence-electron chi connectivity index (χ4n) is 1.79. The van der Waals surface area contributed by atoms with Gasteiger partial charge in [-0.1, -0.05) is 18.2 Å². The SMILES string of the molecule is CN(C)CCOCC(O)c1csc2ccccc12. The van der Waals surface area contributed by atoms with Gasteiger partial charge in [-0.3, -0.25) is 0 Å². The van der Waals surface area contributed by atoms with Crippen molar-refractivity contribution in [1.29, 1.82) is 0 Å². The molecule has 4 heteroatoms. The topological polar surface area (TPSA) is 32.7 Å². The molecule has 18 heavy (non-hydrogen) atoms. The van der Waals surface area contributed by atoms with E-state index in [-0.39, 0.29) is 0 Å². The minimum atomic E-state index is -0.539. The van der Waals surface area contributed by atoms with Crippen LogP contribution in [0.3, 0.4) is 0 Å². The van der Waals surface area contributed by atoms with E-state index >= 15 is 0 Å². The van der Waals surface area contributed by atoms with Crippen LogP contribution in [0.5, 0.6) is 0 Å². The number of thiophene rings is 1. The molecule has 0 aliphatic carbocycles. The molecule has 0 fully saturated rings. The Bertz CT molecular complexity index is 495. The molecule has 98 valence electrons. The van der Waals surface area contributed by atoms with Crippen LogP contribution in [0.4, 0.5) is 0 Å². The zero-order valence-electron chi connectivity index (χ0n) is 10.8. The first-order valence-corrected chi connectivity index (χ1v) is 6.93. The van der Waals surface area contributed by atoms with Crippen molar-refractivity contribution in [3.05, 3.63) is 35.2 Å². The second-order valence-electron chi connectivity index (χ2n) is 4.58. The summed E-state index contributed by atoms with van der Waals surface area (Å²) in [4.78, 5) is 2.06. The number of likely N-dealkylation sites (N-methyl/N-ethyl adjacent to an activating group) is 1. The predicted octanol–water partition coefficient (Wildman–Crippen LogP) is 2.51. The van der Waals surface area contributed by atoms with Crippen molar-refractivity contribution < 1.29 is 9.84 Å². The van der Waals surface area contributed by atoms with Crippen molar-refractivity contribution in [2.75, 3.05) is 33.9 Å². The van der Waals surface area contributed by atoms with Gasteiger partial charge in [-0.15, -0.1) is 11.3 Å². The normalized spacial score (nSPS) is 13.3. The van der Waals surface area contributed by atoms with E-state index in [9.17, 15) is 5.11 Å². The van der Waals surface area contributed by atoms with Crippen LogP contribution in [0, 0.1) is 0 Å². The molecule has 0 bridgehead atoms. The standard InChI is InChI=1S/C14H19NO2S/c1-15(2)7-8-17-9-13(16)12-10-18-14-6-4-3-5-11(12)14/h3-6,10,13,16H,7-9H2,1-2H3. The molecule has 0 saturated heterocycles. The Hall–Kier alpha value is -0.940. The molecule has 2 rings (SSSR count). The largest absolute Gasteiger partial charge is 0.386 e. The number of rotatable bonds is 6. The Morgan fingerprint density at radius 1 is 1.33 bits per heavy atom. The van der Waals surface area contributed by atoms with Crippen LogP contribution >= 0.6 is 11.3 Å². The molecule has 3 nitrogen and oxygen atoms in total. The second kappa shape index (κ2) is 6.29. The van der Waals surface area contributed by atoms with Crippen LogP contribution in [0.1, 0.15) is 11.7 Å². The lowest BCUT2D eigenvalue weighted by molar-refractivity contribution is 0.0315. The average Bonchev–Trinajstić information content (AvgIpc) is 2.78. The molecule has 1 aromatic heterocycles. The first-order valence-electron chi connectivity index (χ1n) is 6.05. The van der Waals surface area contributed by atoms with Crippen LogP contribution in [0.15, 0.2) is 29.6 Å². The summed E-state index contributed by atoms with van der Waals surface area (Å²) in [6, 6.07) is 8.13. The van der Waals surface area contributed by atoms with Gasteiger partial charge in [0.2, 0.25) is 0 Å². The summed E-state index contributed by atoms with van der Waals surface area (Å²) in [5, 5.41) is 13.3. The van der Waals surface area contributed by atoms with Crippen LogP contribution < -0.4 is 0 Å². The molecule has 0 amide bonds. The van der Waals surface area contributed by atoms with Gasteiger partial charge in [0.05, 0.1) is 13.2 Å². The number of hydrogen-bond donors (Lipinski definition) is 1. The fraction of sp³-hybridized carbons (Fsp3) is 0.429. The summed E-state index contributed by atoms with van der Waals surface area (Å²) in [5.41, 5.74) is 0.973. The van der Waals surface area contributed by atoms with Crippen LogP contribution in [0.25, 0.3) is 10.1 Å². The molecule has 1 unspecified atom stereocenters. The van der Waals surface area contributed by atoms with E-state index in [4.69, 9.17) is 4.74 Å². The van der Waals surface area contributed by atoms with Gasteiger partial charge in [0.15, 0.2) is 0 Å². The van der Waals surface area contributed by atoms with Gasteiger partial charge in [-0.05, 0) is 30.9 Å². The summed E-state index contributed by atoms with van der Waals surface area (Å²) < 4.78 is 6.70. The van der Waals surface area contributed by atoms with E-state index in [0.29, 0.717) is 13.2 Å². The highest BCUT2D eigenvalue weighted by Crippen LogP contribution is 2.30. The Labute approximate surface area is 112 Å². The van der Waals surface area contributed by atoms with Gasteiger partial charge in [-0.25, -0.2) is 0 Å². The third kappa shape index (κ3) is 3.29. The van der Waals surface area contributed by atoms with Crippen LogP contribution in [-0.2, 0) is 4.74 Å². The molecular weight excluding hydrogens is 246 g/mol. The number of benzene rings is 1. The van der Waals surface area contributed by atoms with Crippen molar-refractivity contribution in [1.82, 2.24) is 4.90 Å². The molecule has 1 heterocycles. The van der Waals surface area contributed by atoms with E-state index in [2.05, 4.69) is 11.0 Å². The van der Waals surface area contributed by atoms with Crippen molar-refractivity contribution >= 4 is 21.4 Å². The summed E-state index contributed by atoms with van der Waals surface area (Å²) in [6.07, 6.45) is -0.539.